The molecule has 1 aliphatic rings. The molecule has 0 spiro atoms. The molecule has 168 valence electrons. The molecule has 1 aromatic heterocycles. The lowest BCUT2D eigenvalue weighted by molar-refractivity contribution is 0.197. The van der Waals surface area contributed by atoms with Gasteiger partial charge in [-0.2, -0.15) is 0 Å². The minimum absolute atomic E-state index is 0.146. The molecule has 4 rings (SSSR count). The molecule has 32 heavy (non-hydrogen) atoms. The molecule has 0 bridgehead atoms. The van der Waals surface area contributed by atoms with Crippen molar-refractivity contribution in [2.45, 2.75) is 44.9 Å². The number of ether oxygens (including phenoxy) is 1. The molecule has 0 fully saturated rings. The molecule has 3 aromatic rings. The van der Waals surface area contributed by atoms with Crippen LogP contribution in [0, 0.1) is 0 Å². The minimum Gasteiger partial charge on any atom is -0.492 e. The van der Waals surface area contributed by atoms with Crippen LogP contribution in [-0.2, 0) is 17.3 Å². The Hall–Kier alpha value is -1.72. The summed E-state index contributed by atoms with van der Waals surface area (Å²) in [6, 6.07) is 7.32. The molecule has 1 aliphatic heterocycles. The van der Waals surface area contributed by atoms with Gasteiger partial charge in [-0.1, -0.05) is 74.1 Å². The van der Waals surface area contributed by atoms with Crippen LogP contribution in [0.4, 0.5) is 11.6 Å². The molecule has 2 heterocycles. The van der Waals surface area contributed by atoms with Gasteiger partial charge < -0.3 is 10.1 Å². The molecule has 1 atom stereocenters. The summed E-state index contributed by atoms with van der Waals surface area (Å²) < 4.78 is 6.38. The summed E-state index contributed by atoms with van der Waals surface area (Å²) >= 11 is 26.0. The Morgan fingerprint density at radius 1 is 0.969 bits per heavy atom. The number of fused-ring (bicyclic) bond motifs is 1. The third-order valence-corrected chi connectivity index (χ3v) is 7.25. The van der Waals surface area contributed by atoms with E-state index in [-0.39, 0.29) is 5.41 Å². The van der Waals surface area contributed by atoms with Gasteiger partial charge in [-0.25, -0.2) is 9.97 Å². The largest absolute Gasteiger partial charge is 0.492 e. The highest BCUT2D eigenvalue weighted by Gasteiger charge is 2.39. The third kappa shape index (κ3) is 4.38. The van der Waals surface area contributed by atoms with Crippen LogP contribution in [0.25, 0.3) is 0 Å². The minimum atomic E-state index is -0.457. The normalized spacial score (nSPS) is 18.1. The standard InChI is InChI=1S/C24H23Cl4N3O/c1-23(2,3)15-9-18(27)20(28)13-11-24(4,12-32-21(13)15)14-8-16(25)17(26)10-19(14)31-22-29-6-5-7-30-22/h5-10H,11-12H2,1-4H3,(H,29,30,31). The first-order chi connectivity index (χ1) is 15.0. The van der Waals surface area contributed by atoms with Crippen LogP contribution >= 0.6 is 46.4 Å². The number of aromatic nitrogens is 2. The molecule has 4 nitrogen and oxygen atoms in total. The molecule has 1 unspecified atom stereocenters. The third-order valence-electron chi connectivity index (χ3n) is 5.70. The van der Waals surface area contributed by atoms with Crippen LogP contribution in [0.5, 0.6) is 5.75 Å². The highest BCUT2D eigenvalue weighted by Crippen LogP contribution is 2.49. The highest BCUT2D eigenvalue weighted by atomic mass is 35.5. The maximum Gasteiger partial charge on any atom is 0.227 e. The van der Waals surface area contributed by atoms with Gasteiger partial charge in [-0.3, -0.25) is 0 Å². The van der Waals surface area contributed by atoms with Crippen LogP contribution in [0.1, 0.15) is 44.4 Å². The summed E-state index contributed by atoms with van der Waals surface area (Å²) in [7, 11) is 0. The Morgan fingerprint density at radius 3 is 2.28 bits per heavy atom. The summed E-state index contributed by atoms with van der Waals surface area (Å²) in [4.78, 5) is 8.53. The van der Waals surface area contributed by atoms with Crippen molar-refractivity contribution >= 4 is 58.0 Å². The van der Waals surface area contributed by atoms with Gasteiger partial charge in [0.05, 0.1) is 26.7 Å². The molecule has 1 N–H and O–H groups in total. The van der Waals surface area contributed by atoms with E-state index in [1.165, 1.54) is 0 Å². The topological polar surface area (TPSA) is 47.0 Å². The monoisotopic (exact) mass is 509 g/mol. The van der Waals surface area contributed by atoms with Gasteiger partial charge in [0, 0.05) is 34.6 Å². The van der Waals surface area contributed by atoms with E-state index in [4.69, 9.17) is 51.1 Å². The number of halogens is 4. The van der Waals surface area contributed by atoms with E-state index in [0.29, 0.717) is 39.1 Å². The second-order valence-electron chi connectivity index (χ2n) is 9.31. The summed E-state index contributed by atoms with van der Waals surface area (Å²) in [5.41, 5.74) is 3.02. The van der Waals surface area contributed by atoms with Crippen molar-refractivity contribution in [1.82, 2.24) is 9.97 Å². The highest BCUT2D eigenvalue weighted by molar-refractivity contribution is 6.43. The number of rotatable bonds is 3. The fourth-order valence-corrected chi connectivity index (χ4v) is 4.78. The lowest BCUT2D eigenvalue weighted by atomic mass is 9.74. The van der Waals surface area contributed by atoms with Gasteiger partial charge in [0.1, 0.15) is 5.75 Å². The van der Waals surface area contributed by atoms with Crippen molar-refractivity contribution in [1.29, 1.82) is 0 Å². The average molecular weight is 511 g/mol. The fraction of sp³-hybridized carbons (Fsp3) is 0.333. The number of hydrogen-bond donors (Lipinski definition) is 1. The van der Waals surface area contributed by atoms with E-state index < -0.39 is 5.41 Å². The van der Waals surface area contributed by atoms with Gasteiger partial charge in [-0.15, -0.1) is 0 Å². The van der Waals surface area contributed by atoms with Gasteiger partial charge in [-0.05, 0) is 41.7 Å². The molecule has 0 amide bonds. The zero-order valence-electron chi connectivity index (χ0n) is 18.2. The Bertz CT molecular complexity index is 1180. The maximum atomic E-state index is 6.68. The van der Waals surface area contributed by atoms with Crippen LogP contribution in [-0.4, -0.2) is 16.6 Å². The van der Waals surface area contributed by atoms with Crippen molar-refractivity contribution in [2.75, 3.05) is 11.9 Å². The van der Waals surface area contributed by atoms with Crippen LogP contribution in [0.15, 0.2) is 36.7 Å². The summed E-state index contributed by atoms with van der Waals surface area (Å²) in [6.07, 6.45) is 3.96. The molecular weight excluding hydrogens is 488 g/mol. The first-order valence-corrected chi connectivity index (χ1v) is 11.7. The number of benzene rings is 2. The number of anilines is 2. The number of nitrogens with one attached hydrogen (secondary N) is 1. The van der Waals surface area contributed by atoms with Crippen molar-refractivity contribution in [3.8, 4) is 5.75 Å². The number of hydrogen-bond acceptors (Lipinski definition) is 4. The van der Waals surface area contributed by atoms with E-state index in [2.05, 4.69) is 43.0 Å². The molecular formula is C24H23Cl4N3O. The van der Waals surface area contributed by atoms with E-state index >= 15 is 0 Å². The molecule has 0 saturated carbocycles. The predicted molar refractivity (Wildman–Crippen MR) is 133 cm³/mol. The van der Waals surface area contributed by atoms with Gasteiger partial charge in [0.15, 0.2) is 0 Å². The molecule has 0 saturated heterocycles. The van der Waals surface area contributed by atoms with E-state index in [9.17, 15) is 0 Å². The maximum absolute atomic E-state index is 6.68. The van der Waals surface area contributed by atoms with E-state index in [1.54, 1.807) is 24.5 Å². The fourth-order valence-electron chi connectivity index (χ4n) is 4.02. The Kier molecular flexibility index (Phi) is 6.28. The Morgan fingerprint density at radius 2 is 1.62 bits per heavy atom. The lowest BCUT2D eigenvalue weighted by Gasteiger charge is -2.39. The lowest BCUT2D eigenvalue weighted by Crippen LogP contribution is -2.38. The van der Waals surface area contributed by atoms with Crippen LogP contribution in [0.2, 0.25) is 20.1 Å². The van der Waals surface area contributed by atoms with Crippen LogP contribution in [0.3, 0.4) is 0 Å². The summed E-state index contributed by atoms with van der Waals surface area (Å²) in [5, 5.41) is 5.20. The number of nitrogens with zero attached hydrogens (tertiary/aromatic N) is 2. The smallest absolute Gasteiger partial charge is 0.227 e. The second kappa shape index (κ2) is 8.57. The molecule has 0 radical (unpaired) electrons. The van der Waals surface area contributed by atoms with Crippen molar-refractivity contribution in [2.24, 2.45) is 0 Å². The van der Waals surface area contributed by atoms with Gasteiger partial charge in [0.25, 0.3) is 0 Å². The van der Waals surface area contributed by atoms with Gasteiger partial charge in [0.2, 0.25) is 5.95 Å². The SMILES string of the molecule is CC(C)(C)c1cc(Cl)c(Cl)c2c1OCC(C)(c1cc(Cl)c(Cl)cc1Nc1ncccn1)C2. The van der Waals surface area contributed by atoms with Crippen LogP contribution < -0.4 is 10.1 Å². The quantitative estimate of drug-likeness (QED) is 0.387. The molecule has 2 aromatic carbocycles. The van der Waals surface area contributed by atoms with Crippen molar-refractivity contribution in [3.05, 3.63) is 73.4 Å². The zero-order chi connectivity index (χ0) is 23.3. The summed E-state index contributed by atoms with van der Waals surface area (Å²) in [5.74, 6) is 1.27. The van der Waals surface area contributed by atoms with E-state index in [0.717, 1.165) is 28.1 Å². The Balaban J connectivity index is 1.83. The zero-order valence-corrected chi connectivity index (χ0v) is 21.2. The predicted octanol–water partition coefficient (Wildman–Crippen LogP) is 8.02. The second-order valence-corrected chi connectivity index (χ2v) is 10.9. The first-order valence-electron chi connectivity index (χ1n) is 10.2. The summed E-state index contributed by atoms with van der Waals surface area (Å²) in [6.45, 7) is 8.93. The first kappa shape index (κ1) is 23.4. The Labute approximate surface area is 208 Å². The van der Waals surface area contributed by atoms with Crippen molar-refractivity contribution in [3.63, 3.8) is 0 Å². The average Bonchev–Trinajstić information content (AvgIpc) is 2.73. The van der Waals surface area contributed by atoms with E-state index in [1.807, 2.05) is 12.1 Å². The van der Waals surface area contributed by atoms with Crippen molar-refractivity contribution < 1.29 is 4.74 Å². The molecule has 0 aliphatic carbocycles. The molecule has 8 heteroatoms. The van der Waals surface area contributed by atoms with Gasteiger partial charge >= 0.3 is 0 Å².